The number of benzene rings is 3. The molecule has 1 aliphatic heterocycles. The third kappa shape index (κ3) is 2.86. The Kier molecular flexibility index (Phi) is 4.23. The molecule has 0 saturated heterocycles. The minimum atomic E-state index is -0.896. The van der Waals surface area contributed by atoms with Crippen molar-refractivity contribution in [2.45, 2.75) is 12.0 Å². The summed E-state index contributed by atoms with van der Waals surface area (Å²) in [5.41, 5.74) is 2.60. The lowest BCUT2D eigenvalue weighted by Gasteiger charge is -2.18. The summed E-state index contributed by atoms with van der Waals surface area (Å²) in [6.07, 6.45) is -0.896. The van der Waals surface area contributed by atoms with E-state index in [2.05, 4.69) is 0 Å². The fraction of sp³-hybridized carbons (Fsp3) is 0.0909. The summed E-state index contributed by atoms with van der Waals surface area (Å²) in [5, 5.41) is 12.6. The van der Waals surface area contributed by atoms with Gasteiger partial charge >= 0.3 is 0 Å². The van der Waals surface area contributed by atoms with Crippen LogP contribution in [0.25, 0.3) is 0 Å². The summed E-state index contributed by atoms with van der Waals surface area (Å²) >= 11 is 0. The van der Waals surface area contributed by atoms with E-state index in [4.69, 9.17) is 4.84 Å². The lowest BCUT2D eigenvalue weighted by molar-refractivity contribution is -0.736. The molecule has 1 aliphatic rings. The van der Waals surface area contributed by atoms with Crippen LogP contribution in [0.4, 0.5) is 0 Å². The highest BCUT2D eigenvalue weighted by molar-refractivity contribution is 6.09. The quantitative estimate of drug-likeness (QED) is 0.532. The predicted molar refractivity (Wildman–Crippen MR) is 99.0 cm³/mol. The molecule has 0 aromatic heterocycles. The fourth-order valence-electron chi connectivity index (χ4n) is 3.33. The minimum absolute atomic E-state index is 0.203. The van der Waals surface area contributed by atoms with E-state index in [1.165, 1.54) is 0 Å². The van der Waals surface area contributed by atoms with Crippen LogP contribution in [0.15, 0.2) is 91.0 Å². The summed E-state index contributed by atoms with van der Waals surface area (Å²) in [5.74, 6) is -0.671. The molecule has 0 fully saturated rings. The maximum Gasteiger partial charge on any atom is 0.261 e. The molecule has 128 valence electrons. The van der Waals surface area contributed by atoms with Gasteiger partial charge in [0.15, 0.2) is 5.78 Å². The van der Waals surface area contributed by atoms with E-state index >= 15 is 0 Å². The number of hydrogen-bond donors (Lipinski definition) is 0. The number of nitrogens with zero attached hydrogens (tertiary/aromatic N) is 1. The van der Waals surface area contributed by atoms with Gasteiger partial charge < -0.3 is 4.84 Å². The summed E-state index contributed by atoms with van der Waals surface area (Å²) in [6, 6.07) is 27.8. The first-order valence-corrected chi connectivity index (χ1v) is 8.46. The smallest absolute Gasteiger partial charge is 0.261 e. The Morgan fingerprint density at radius 3 is 1.96 bits per heavy atom. The van der Waals surface area contributed by atoms with Crippen molar-refractivity contribution in [3.8, 4) is 0 Å². The number of hydrogen-bond acceptors (Lipinski definition) is 3. The molecule has 3 aromatic carbocycles. The Bertz CT molecular complexity index is 937. The molecular formula is C22H17NO3. The van der Waals surface area contributed by atoms with E-state index in [0.717, 1.165) is 11.1 Å². The molecule has 4 nitrogen and oxygen atoms in total. The van der Waals surface area contributed by atoms with Gasteiger partial charge in [-0.05, 0) is 17.7 Å². The van der Waals surface area contributed by atoms with Gasteiger partial charge in [-0.3, -0.25) is 10.0 Å². The fourth-order valence-corrected chi connectivity index (χ4v) is 3.33. The topological polar surface area (TPSA) is 52.4 Å². The lowest BCUT2D eigenvalue weighted by atomic mass is 9.83. The molecule has 0 aliphatic carbocycles. The molecule has 0 bridgehead atoms. The molecule has 26 heavy (non-hydrogen) atoms. The van der Waals surface area contributed by atoms with Crippen molar-refractivity contribution in [1.82, 2.24) is 0 Å². The molecule has 0 amide bonds. The van der Waals surface area contributed by atoms with Crippen LogP contribution < -0.4 is 0 Å². The van der Waals surface area contributed by atoms with Crippen molar-refractivity contribution in [3.05, 3.63) is 113 Å². The van der Waals surface area contributed by atoms with Crippen LogP contribution >= 0.6 is 0 Å². The highest BCUT2D eigenvalue weighted by Gasteiger charge is 2.45. The van der Waals surface area contributed by atoms with Gasteiger partial charge in [-0.1, -0.05) is 78.9 Å². The second-order valence-corrected chi connectivity index (χ2v) is 6.15. The molecule has 0 radical (unpaired) electrons. The monoisotopic (exact) mass is 343 g/mol. The summed E-state index contributed by atoms with van der Waals surface area (Å²) in [4.78, 5) is 19.1. The molecule has 0 spiro atoms. The lowest BCUT2D eigenvalue weighted by Crippen LogP contribution is -2.30. The molecular weight excluding hydrogens is 326 g/mol. The molecule has 0 N–H and O–H groups in total. The normalized spacial score (nSPS) is 19.2. The van der Waals surface area contributed by atoms with Gasteiger partial charge in [0.1, 0.15) is 12.0 Å². The maximum atomic E-state index is 13.0. The largest absolute Gasteiger partial charge is 0.390 e. The summed E-state index contributed by atoms with van der Waals surface area (Å²) in [7, 11) is 0. The SMILES string of the molecule is O=C(c1ccccc1)C1O[N+]([O-])=C(c2ccccc2)C1c1ccccc1. The Morgan fingerprint density at radius 1 is 0.808 bits per heavy atom. The minimum Gasteiger partial charge on any atom is -0.390 e. The van der Waals surface area contributed by atoms with E-state index in [0.29, 0.717) is 16.2 Å². The Balaban J connectivity index is 1.80. The number of carbonyl (C=O) groups excluding carboxylic acids is 1. The average Bonchev–Trinajstić information content (AvgIpc) is 3.06. The maximum absolute atomic E-state index is 13.0. The first-order valence-electron chi connectivity index (χ1n) is 8.46. The molecule has 0 saturated carbocycles. The van der Waals surface area contributed by atoms with E-state index in [1.807, 2.05) is 66.7 Å². The van der Waals surface area contributed by atoms with Crippen molar-refractivity contribution in [1.29, 1.82) is 0 Å². The summed E-state index contributed by atoms with van der Waals surface area (Å²) < 4.78 is 0. The van der Waals surface area contributed by atoms with Crippen molar-refractivity contribution in [2.24, 2.45) is 0 Å². The van der Waals surface area contributed by atoms with Crippen LogP contribution in [0.3, 0.4) is 0 Å². The van der Waals surface area contributed by atoms with Crippen LogP contribution in [-0.2, 0) is 4.84 Å². The zero-order valence-electron chi connectivity index (χ0n) is 14.0. The standard InChI is InChI=1S/C22H17NO3/c24-21(18-14-8-3-9-15-18)22-19(16-10-4-1-5-11-16)20(23(25)26-22)17-12-6-2-7-13-17/h1-15,19,22H. The molecule has 3 aromatic rings. The van der Waals surface area contributed by atoms with Crippen molar-refractivity contribution >= 4 is 11.5 Å². The van der Waals surface area contributed by atoms with Crippen molar-refractivity contribution < 1.29 is 14.5 Å². The number of rotatable bonds is 4. The van der Waals surface area contributed by atoms with E-state index in [9.17, 15) is 10.0 Å². The van der Waals surface area contributed by atoms with Gasteiger partial charge in [0.25, 0.3) is 5.71 Å². The second kappa shape index (κ2) is 6.84. The third-order valence-corrected chi connectivity index (χ3v) is 4.55. The van der Waals surface area contributed by atoms with Gasteiger partial charge in [-0.25, -0.2) is 0 Å². The Morgan fingerprint density at radius 2 is 1.35 bits per heavy atom. The molecule has 4 rings (SSSR count). The first-order chi connectivity index (χ1) is 12.8. The highest BCUT2D eigenvalue weighted by Crippen LogP contribution is 2.33. The zero-order chi connectivity index (χ0) is 17.9. The Hall–Kier alpha value is -3.40. The van der Waals surface area contributed by atoms with E-state index in [-0.39, 0.29) is 5.78 Å². The van der Waals surface area contributed by atoms with Crippen LogP contribution in [0.5, 0.6) is 0 Å². The van der Waals surface area contributed by atoms with E-state index < -0.39 is 12.0 Å². The number of carbonyl (C=O) groups is 1. The number of ketones is 1. The van der Waals surface area contributed by atoms with Crippen LogP contribution in [0.2, 0.25) is 0 Å². The molecule has 2 unspecified atom stereocenters. The number of Topliss-reactive ketones (excluding diaryl/α,β-unsaturated/α-hetero) is 1. The highest BCUT2D eigenvalue weighted by atomic mass is 16.9. The van der Waals surface area contributed by atoms with Gasteiger partial charge in [0.2, 0.25) is 0 Å². The molecule has 4 heteroatoms. The van der Waals surface area contributed by atoms with Gasteiger partial charge in [0, 0.05) is 16.0 Å². The van der Waals surface area contributed by atoms with Crippen molar-refractivity contribution in [2.75, 3.05) is 0 Å². The van der Waals surface area contributed by atoms with Crippen molar-refractivity contribution in [3.63, 3.8) is 0 Å². The second-order valence-electron chi connectivity index (χ2n) is 6.15. The van der Waals surface area contributed by atoms with Gasteiger partial charge in [-0.2, -0.15) is 0 Å². The third-order valence-electron chi connectivity index (χ3n) is 4.55. The van der Waals surface area contributed by atoms with Gasteiger partial charge in [0.05, 0.1) is 0 Å². The van der Waals surface area contributed by atoms with Crippen LogP contribution in [0, 0.1) is 5.21 Å². The zero-order valence-corrected chi connectivity index (χ0v) is 14.0. The van der Waals surface area contributed by atoms with Gasteiger partial charge in [-0.15, -0.1) is 0 Å². The molecule has 2 atom stereocenters. The first kappa shape index (κ1) is 16.1. The molecule has 1 heterocycles. The van der Waals surface area contributed by atoms with E-state index in [1.54, 1.807) is 24.3 Å². The average molecular weight is 343 g/mol. The predicted octanol–water partition coefficient (Wildman–Crippen LogP) is 3.97. The van der Waals surface area contributed by atoms with Crippen LogP contribution in [0.1, 0.15) is 27.4 Å². The Labute approximate surface area is 151 Å². The summed E-state index contributed by atoms with van der Waals surface area (Å²) in [6.45, 7) is 0. The van der Waals surface area contributed by atoms with Crippen LogP contribution in [-0.4, -0.2) is 22.5 Å².